The molecule has 1 saturated heterocycles. The highest BCUT2D eigenvalue weighted by atomic mass is 79.9. The number of piperidine rings is 1. The summed E-state index contributed by atoms with van der Waals surface area (Å²) in [7, 11) is -3.43. The molecule has 2 heterocycles. The molecule has 1 aromatic carbocycles. The number of hydrogen-bond acceptors (Lipinski definition) is 4. The van der Waals surface area contributed by atoms with Crippen molar-refractivity contribution in [3.05, 3.63) is 51.8 Å². The molecule has 0 bridgehead atoms. The van der Waals surface area contributed by atoms with Crippen LogP contribution in [0.1, 0.15) is 29.6 Å². The van der Waals surface area contributed by atoms with Crippen LogP contribution in [0.2, 0.25) is 0 Å². The maximum atomic E-state index is 12.4. The fourth-order valence-electron chi connectivity index (χ4n) is 3.10. The molecule has 0 atom stereocenters. The van der Waals surface area contributed by atoms with Gasteiger partial charge in [0.1, 0.15) is 4.21 Å². The summed E-state index contributed by atoms with van der Waals surface area (Å²) in [6.45, 7) is 1.88. The SMILES string of the molecule is O=C(c1ccccc1)N1CCC(CCNS(=O)(=O)c2ccc(Br)s2)CC1. The van der Waals surface area contributed by atoms with Gasteiger partial charge in [-0.25, -0.2) is 13.1 Å². The summed E-state index contributed by atoms with van der Waals surface area (Å²) in [5.41, 5.74) is 0.723. The van der Waals surface area contributed by atoms with E-state index in [9.17, 15) is 13.2 Å². The molecule has 0 radical (unpaired) electrons. The number of benzene rings is 1. The van der Waals surface area contributed by atoms with Crippen LogP contribution in [0.5, 0.6) is 0 Å². The predicted octanol–water partition coefficient (Wildman–Crippen LogP) is 3.73. The number of sulfonamides is 1. The molecule has 2 aromatic rings. The number of carbonyl (C=O) groups excluding carboxylic acids is 1. The first-order chi connectivity index (χ1) is 12.5. The minimum absolute atomic E-state index is 0.0769. The number of halogens is 1. The number of rotatable bonds is 6. The molecule has 0 aliphatic carbocycles. The molecule has 1 N–H and O–H groups in total. The summed E-state index contributed by atoms with van der Waals surface area (Å²) in [5, 5.41) is 0. The van der Waals surface area contributed by atoms with Crippen LogP contribution in [0.3, 0.4) is 0 Å². The first-order valence-electron chi connectivity index (χ1n) is 8.55. The maximum absolute atomic E-state index is 12.4. The molecular formula is C18H21BrN2O3S2. The molecule has 140 valence electrons. The zero-order valence-corrected chi connectivity index (χ0v) is 17.4. The molecule has 3 rings (SSSR count). The van der Waals surface area contributed by atoms with E-state index in [-0.39, 0.29) is 5.91 Å². The number of likely N-dealkylation sites (tertiary alicyclic amines) is 1. The summed E-state index contributed by atoms with van der Waals surface area (Å²) < 4.78 is 28.2. The third-order valence-electron chi connectivity index (χ3n) is 4.58. The number of carbonyl (C=O) groups is 1. The molecule has 0 saturated carbocycles. The number of amides is 1. The molecule has 0 spiro atoms. The van der Waals surface area contributed by atoms with Gasteiger partial charge in [0.15, 0.2) is 0 Å². The highest BCUT2D eigenvalue weighted by Gasteiger charge is 2.24. The lowest BCUT2D eigenvalue weighted by Crippen LogP contribution is -2.39. The Morgan fingerprint density at radius 2 is 1.85 bits per heavy atom. The van der Waals surface area contributed by atoms with E-state index in [1.165, 1.54) is 11.3 Å². The first-order valence-corrected chi connectivity index (χ1v) is 11.6. The van der Waals surface area contributed by atoms with Crippen molar-refractivity contribution in [2.75, 3.05) is 19.6 Å². The van der Waals surface area contributed by atoms with E-state index >= 15 is 0 Å². The van der Waals surface area contributed by atoms with E-state index in [1.54, 1.807) is 12.1 Å². The Morgan fingerprint density at radius 3 is 2.46 bits per heavy atom. The van der Waals surface area contributed by atoms with E-state index in [0.29, 0.717) is 16.7 Å². The summed E-state index contributed by atoms with van der Waals surface area (Å²) in [4.78, 5) is 14.3. The molecule has 5 nitrogen and oxygen atoms in total. The van der Waals surface area contributed by atoms with E-state index < -0.39 is 10.0 Å². The van der Waals surface area contributed by atoms with Crippen molar-refractivity contribution in [2.24, 2.45) is 5.92 Å². The number of thiophene rings is 1. The largest absolute Gasteiger partial charge is 0.339 e. The van der Waals surface area contributed by atoms with Gasteiger partial charge in [0.25, 0.3) is 5.91 Å². The van der Waals surface area contributed by atoms with Gasteiger partial charge in [0.05, 0.1) is 3.79 Å². The van der Waals surface area contributed by atoms with E-state index in [1.807, 2.05) is 35.2 Å². The molecule has 8 heteroatoms. The predicted molar refractivity (Wildman–Crippen MR) is 107 cm³/mol. The Balaban J connectivity index is 1.44. The van der Waals surface area contributed by atoms with Gasteiger partial charge in [-0.05, 0) is 65.4 Å². The smallest absolute Gasteiger partial charge is 0.253 e. The molecular weight excluding hydrogens is 436 g/mol. The molecule has 0 unspecified atom stereocenters. The van der Waals surface area contributed by atoms with Crippen molar-refractivity contribution < 1.29 is 13.2 Å². The minimum Gasteiger partial charge on any atom is -0.339 e. The van der Waals surface area contributed by atoms with Crippen LogP contribution in [0, 0.1) is 5.92 Å². The molecule has 1 aromatic heterocycles. The van der Waals surface area contributed by atoms with Crippen molar-refractivity contribution >= 4 is 43.2 Å². The third kappa shape index (κ3) is 4.94. The first kappa shape index (κ1) is 19.5. The Morgan fingerprint density at radius 1 is 1.15 bits per heavy atom. The Kier molecular flexibility index (Phi) is 6.50. The average Bonchev–Trinajstić information content (AvgIpc) is 3.10. The van der Waals surface area contributed by atoms with Crippen molar-refractivity contribution in [3.63, 3.8) is 0 Å². The van der Waals surface area contributed by atoms with Gasteiger partial charge in [-0.3, -0.25) is 4.79 Å². The minimum atomic E-state index is -3.43. The lowest BCUT2D eigenvalue weighted by molar-refractivity contribution is 0.0687. The van der Waals surface area contributed by atoms with Crippen molar-refractivity contribution in [3.8, 4) is 0 Å². The fourth-order valence-corrected chi connectivity index (χ4v) is 6.20. The molecule has 1 fully saturated rings. The van der Waals surface area contributed by atoms with Crippen molar-refractivity contribution in [1.29, 1.82) is 0 Å². The monoisotopic (exact) mass is 456 g/mol. The van der Waals surface area contributed by atoms with Gasteiger partial charge in [0.2, 0.25) is 10.0 Å². The normalized spacial score (nSPS) is 16.0. The second-order valence-electron chi connectivity index (χ2n) is 6.35. The van der Waals surface area contributed by atoms with Gasteiger partial charge in [-0.1, -0.05) is 18.2 Å². The van der Waals surface area contributed by atoms with E-state index in [2.05, 4.69) is 20.7 Å². The molecule has 1 aliphatic heterocycles. The molecule has 1 amide bonds. The van der Waals surface area contributed by atoms with Gasteiger partial charge in [-0.2, -0.15) is 0 Å². The lowest BCUT2D eigenvalue weighted by Gasteiger charge is -2.32. The van der Waals surface area contributed by atoms with Crippen LogP contribution >= 0.6 is 27.3 Å². The highest BCUT2D eigenvalue weighted by molar-refractivity contribution is 9.11. The Bertz CT molecular complexity index is 844. The second kappa shape index (κ2) is 8.65. The topological polar surface area (TPSA) is 66.5 Å². The van der Waals surface area contributed by atoms with E-state index in [0.717, 1.165) is 41.7 Å². The maximum Gasteiger partial charge on any atom is 0.253 e. The van der Waals surface area contributed by atoms with E-state index in [4.69, 9.17) is 0 Å². The van der Waals surface area contributed by atoms with Crippen LogP contribution in [0.15, 0.2) is 50.5 Å². The number of hydrogen-bond donors (Lipinski definition) is 1. The van der Waals surface area contributed by atoms with Gasteiger partial charge >= 0.3 is 0 Å². The third-order valence-corrected chi connectivity index (χ3v) is 8.16. The van der Waals surface area contributed by atoms with Crippen LogP contribution < -0.4 is 4.72 Å². The quantitative estimate of drug-likeness (QED) is 0.719. The van der Waals surface area contributed by atoms with Crippen molar-refractivity contribution in [1.82, 2.24) is 9.62 Å². The molecule has 1 aliphatic rings. The summed E-state index contributed by atoms with van der Waals surface area (Å²) in [6, 6.07) is 12.7. The standard InChI is InChI=1S/C18H21BrN2O3S2/c19-16-6-7-17(25-16)26(23,24)20-11-8-14-9-12-21(13-10-14)18(22)15-4-2-1-3-5-15/h1-7,14,20H,8-13H2. The Hall–Kier alpha value is -1.22. The Labute approximate surface area is 166 Å². The zero-order valence-electron chi connectivity index (χ0n) is 14.2. The van der Waals surface area contributed by atoms with Crippen molar-refractivity contribution in [2.45, 2.75) is 23.5 Å². The lowest BCUT2D eigenvalue weighted by atomic mass is 9.93. The highest BCUT2D eigenvalue weighted by Crippen LogP contribution is 2.26. The van der Waals surface area contributed by atoms with Crippen LogP contribution in [0.4, 0.5) is 0 Å². The summed E-state index contributed by atoms with van der Waals surface area (Å²) >= 11 is 4.49. The molecule has 26 heavy (non-hydrogen) atoms. The van der Waals surface area contributed by atoms with Gasteiger partial charge in [0, 0.05) is 25.2 Å². The van der Waals surface area contributed by atoms with Gasteiger partial charge < -0.3 is 4.90 Å². The summed E-state index contributed by atoms with van der Waals surface area (Å²) in [5.74, 6) is 0.514. The second-order valence-corrected chi connectivity index (χ2v) is 10.8. The van der Waals surface area contributed by atoms with Crippen LogP contribution in [-0.2, 0) is 10.0 Å². The number of nitrogens with zero attached hydrogens (tertiary/aromatic N) is 1. The summed E-state index contributed by atoms with van der Waals surface area (Å²) in [6.07, 6.45) is 2.61. The number of nitrogens with one attached hydrogen (secondary N) is 1. The van der Waals surface area contributed by atoms with Crippen LogP contribution in [-0.4, -0.2) is 38.9 Å². The van der Waals surface area contributed by atoms with Crippen LogP contribution in [0.25, 0.3) is 0 Å². The van der Waals surface area contributed by atoms with Gasteiger partial charge in [-0.15, -0.1) is 11.3 Å². The average molecular weight is 457 g/mol. The fraction of sp³-hybridized carbons (Fsp3) is 0.389. The zero-order chi connectivity index (χ0) is 18.6.